The molecule has 0 unspecified atom stereocenters. The van der Waals surface area contributed by atoms with Crippen molar-refractivity contribution in [1.29, 1.82) is 0 Å². The minimum absolute atomic E-state index is 0. The minimum Gasteiger partial charge on any atom is -0.320 e. The summed E-state index contributed by atoms with van der Waals surface area (Å²) < 4.78 is 2.05. The fourth-order valence-corrected chi connectivity index (χ4v) is 2.80. The molecule has 3 nitrogen and oxygen atoms in total. The van der Waals surface area contributed by atoms with E-state index < -0.39 is 0 Å². The largest absolute Gasteiger partial charge is 0.320 e. The zero-order chi connectivity index (χ0) is 16.4. The number of aromatic nitrogens is 3. The molecule has 0 saturated carbocycles. The van der Waals surface area contributed by atoms with Crippen LogP contribution >= 0.6 is 0 Å². The first kappa shape index (κ1) is 17.3. The van der Waals surface area contributed by atoms with Gasteiger partial charge in [-0.25, -0.2) is 0 Å². The van der Waals surface area contributed by atoms with Gasteiger partial charge >= 0.3 is 0 Å². The standard InChI is InChI=1S/C21H16N3.Ir/c1-16-22-23-21(24(16)20-10-6-3-7-11-20)19-14-12-18(13-15-19)17-8-4-2-5-9-17;/h2-14H,1H3;/q-1;. The van der Waals surface area contributed by atoms with Crippen molar-refractivity contribution in [3.05, 3.63) is 90.8 Å². The molecule has 4 aromatic rings. The molecule has 0 amide bonds. The molecule has 25 heavy (non-hydrogen) atoms. The second-order valence-electron chi connectivity index (χ2n) is 5.60. The van der Waals surface area contributed by atoms with E-state index in [-0.39, 0.29) is 20.1 Å². The van der Waals surface area contributed by atoms with Gasteiger partial charge in [0.05, 0.1) is 5.82 Å². The summed E-state index contributed by atoms with van der Waals surface area (Å²) in [5, 5.41) is 8.59. The van der Waals surface area contributed by atoms with Gasteiger partial charge in [0.1, 0.15) is 5.82 Å². The smallest absolute Gasteiger partial charge is 0.125 e. The van der Waals surface area contributed by atoms with Gasteiger partial charge in [-0.15, -0.1) is 34.9 Å². The Kier molecular flexibility index (Phi) is 5.22. The average molecular weight is 503 g/mol. The molecule has 0 aliphatic heterocycles. The Bertz CT molecular complexity index is 946. The van der Waals surface area contributed by atoms with Crippen LogP contribution in [0.4, 0.5) is 0 Å². The third kappa shape index (κ3) is 3.46. The summed E-state index contributed by atoms with van der Waals surface area (Å²) in [5.41, 5.74) is 4.30. The number of benzene rings is 3. The third-order valence-electron chi connectivity index (χ3n) is 4.00. The van der Waals surface area contributed by atoms with Gasteiger partial charge in [-0.3, -0.25) is 0 Å². The van der Waals surface area contributed by atoms with Crippen LogP contribution in [0, 0.1) is 13.0 Å². The molecule has 0 bridgehead atoms. The molecular weight excluding hydrogens is 486 g/mol. The summed E-state index contributed by atoms with van der Waals surface area (Å²) in [4.78, 5) is 0. The Balaban J connectivity index is 0.00000182. The first-order valence-corrected chi connectivity index (χ1v) is 7.88. The fourth-order valence-electron chi connectivity index (χ4n) is 2.80. The summed E-state index contributed by atoms with van der Waals surface area (Å²) in [6.45, 7) is 1.96. The van der Waals surface area contributed by atoms with E-state index in [2.05, 4.69) is 46.6 Å². The molecule has 1 aromatic heterocycles. The van der Waals surface area contributed by atoms with Crippen molar-refractivity contribution in [3.8, 4) is 28.2 Å². The Morgan fingerprint density at radius 2 is 1.44 bits per heavy atom. The van der Waals surface area contributed by atoms with Gasteiger partial charge < -0.3 is 4.57 Å². The maximum Gasteiger partial charge on any atom is 0.125 e. The van der Waals surface area contributed by atoms with E-state index in [4.69, 9.17) is 0 Å². The molecule has 4 heteroatoms. The van der Waals surface area contributed by atoms with Gasteiger partial charge in [-0.1, -0.05) is 59.7 Å². The van der Waals surface area contributed by atoms with E-state index >= 15 is 0 Å². The zero-order valence-corrected chi connectivity index (χ0v) is 16.1. The molecule has 0 aliphatic carbocycles. The topological polar surface area (TPSA) is 30.7 Å². The molecule has 1 radical (unpaired) electrons. The molecule has 3 aromatic carbocycles. The van der Waals surface area contributed by atoms with Crippen LogP contribution in [0.15, 0.2) is 78.9 Å². The van der Waals surface area contributed by atoms with Crippen molar-refractivity contribution in [2.75, 3.05) is 0 Å². The number of hydrogen-bond acceptors (Lipinski definition) is 2. The fraction of sp³-hybridized carbons (Fsp3) is 0.0476. The van der Waals surface area contributed by atoms with Crippen molar-refractivity contribution in [3.63, 3.8) is 0 Å². The van der Waals surface area contributed by atoms with Crippen LogP contribution in [-0.2, 0) is 20.1 Å². The van der Waals surface area contributed by atoms with Crippen molar-refractivity contribution in [1.82, 2.24) is 14.8 Å². The van der Waals surface area contributed by atoms with Crippen LogP contribution in [0.1, 0.15) is 5.82 Å². The number of rotatable bonds is 3. The minimum atomic E-state index is 0. The summed E-state index contributed by atoms with van der Waals surface area (Å²) in [6, 6.07) is 29.9. The molecule has 0 fully saturated rings. The monoisotopic (exact) mass is 503 g/mol. The van der Waals surface area contributed by atoms with E-state index in [1.807, 2.05) is 60.0 Å². The zero-order valence-electron chi connectivity index (χ0n) is 13.7. The van der Waals surface area contributed by atoms with Gasteiger partial charge in [0.15, 0.2) is 0 Å². The normalized spacial score (nSPS) is 10.3. The van der Waals surface area contributed by atoms with Gasteiger partial charge in [0, 0.05) is 25.8 Å². The molecule has 0 aliphatic rings. The Hall–Kier alpha value is -2.55. The summed E-state index contributed by atoms with van der Waals surface area (Å²) in [7, 11) is 0. The predicted molar refractivity (Wildman–Crippen MR) is 95.8 cm³/mol. The van der Waals surface area contributed by atoms with Crippen LogP contribution in [0.3, 0.4) is 0 Å². The van der Waals surface area contributed by atoms with Crippen LogP contribution < -0.4 is 0 Å². The Labute approximate surface area is 160 Å². The van der Waals surface area contributed by atoms with Gasteiger partial charge in [0.2, 0.25) is 0 Å². The molecule has 0 N–H and O–H groups in total. The summed E-state index contributed by atoms with van der Waals surface area (Å²) >= 11 is 0. The van der Waals surface area contributed by atoms with E-state index in [0.29, 0.717) is 0 Å². The molecule has 1 heterocycles. The van der Waals surface area contributed by atoms with Crippen molar-refractivity contribution < 1.29 is 20.1 Å². The van der Waals surface area contributed by atoms with E-state index in [9.17, 15) is 0 Å². The molecule has 0 spiro atoms. The molecule has 0 atom stereocenters. The second-order valence-corrected chi connectivity index (χ2v) is 5.60. The van der Waals surface area contributed by atoms with Crippen LogP contribution in [-0.4, -0.2) is 14.8 Å². The summed E-state index contributed by atoms with van der Waals surface area (Å²) in [5.74, 6) is 1.66. The number of nitrogens with zero attached hydrogens (tertiary/aromatic N) is 3. The van der Waals surface area contributed by atoms with Crippen LogP contribution in [0.25, 0.3) is 28.2 Å². The molecule has 4 rings (SSSR count). The van der Waals surface area contributed by atoms with Gasteiger partial charge in [-0.05, 0) is 19.1 Å². The Morgan fingerprint density at radius 3 is 2.08 bits per heavy atom. The molecule has 0 saturated heterocycles. The first-order chi connectivity index (χ1) is 11.8. The number of hydrogen-bond donors (Lipinski definition) is 0. The Morgan fingerprint density at radius 1 is 0.760 bits per heavy atom. The van der Waals surface area contributed by atoms with Crippen molar-refractivity contribution >= 4 is 0 Å². The number of aryl methyl sites for hydroxylation is 1. The van der Waals surface area contributed by atoms with Crippen LogP contribution in [0.2, 0.25) is 0 Å². The van der Waals surface area contributed by atoms with Crippen molar-refractivity contribution in [2.24, 2.45) is 0 Å². The van der Waals surface area contributed by atoms with E-state index in [1.165, 1.54) is 5.56 Å². The molecular formula is C21H16IrN3-. The predicted octanol–water partition coefficient (Wildman–Crippen LogP) is 4.71. The third-order valence-corrected chi connectivity index (χ3v) is 4.00. The second kappa shape index (κ2) is 7.56. The average Bonchev–Trinajstić information content (AvgIpc) is 3.05. The first-order valence-electron chi connectivity index (χ1n) is 7.88. The summed E-state index contributed by atoms with van der Waals surface area (Å²) in [6.07, 6.45) is 0. The number of para-hydroxylation sites is 1. The maximum atomic E-state index is 4.35. The van der Waals surface area contributed by atoms with Gasteiger partial charge in [-0.2, -0.15) is 5.10 Å². The SMILES string of the molecule is Cc1nnc(-c2[c-]cc(-c3ccccc3)cc2)n1-c1ccccc1.[Ir]. The van der Waals surface area contributed by atoms with Crippen molar-refractivity contribution in [2.45, 2.75) is 6.92 Å². The maximum absolute atomic E-state index is 4.35. The quantitative estimate of drug-likeness (QED) is 0.380. The van der Waals surface area contributed by atoms with E-state index in [0.717, 1.165) is 28.5 Å². The van der Waals surface area contributed by atoms with Gasteiger partial charge in [0.25, 0.3) is 0 Å². The van der Waals surface area contributed by atoms with E-state index in [1.54, 1.807) is 0 Å². The van der Waals surface area contributed by atoms with Crippen LogP contribution in [0.5, 0.6) is 0 Å². The molecule has 125 valence electrons.